The molecule has 2 heteroatoms. The normalized spacial score (nSPS) is 10.8. The summed E-state index contributed by atoms with van der Waals surface area (Å²) >= 11 is 2.00. The van der Waals surface area contributed by atoms with Gasteiger partial charge >= 0.3 is 167 Å². The average Bonchev–Trinajstić information content (AvgIpc) is 3.29. The van der Waals surface area contributed by atoms with Crippen LogP contribution in [0.1, 0.15) is 52.7 Å². The first kappa shape index (κ1) is 27.8. The largest absolute Gasteiger partial charge is 0.152 e. The maximum Gasteiger partial charge on any atom is -0.0988 e. The van der Waals surface area contributed by atoms with Gasteiger partial charge in [0.1, 0.15) is 0 Å². The molecule has 4 aromatic rings. The summed E-state index contributed by atoms with van der Waals surface area (Å²) in [6, 6.07) is 35.4. The van der Waals surface area contributed by atoms with E-state index in [1.54, 1.807) is 0 Å². The topological polar surface area (TPSA) is 0 Å². The summed E-state index contributed by atoms with van der Waals surface area (Å²) in [6.45, 7) is 14.5. The van der Waals surface area contributed by atoms with Gasteiger partial charge in [0.25, 0.3) is 0 Å². The number of fused-ring (bicyclic) bond motifs is 1. The SMILES string of the molecule is C[CH](C)[SbH]([CH](C)C)[CH](C)C.[Rh]=[C](c1ccccc1)c1ccccc1.c1cc[c-]2cccc2c1. The molecule has 0 bridgehead atoms. The van der Waals surface area contributed by atoms with E-state index in [9.17, 15) is 0 Å². The Hall–Kier alpha value is -1.42. The van der Waals surface area contributed by atoms with Gasteiger partial charge in [-0.05, 0) is 0 Å². The molecule has 0 N–H and O–H groups in total. The third kappa shape index (κ3) is 9.39. The fraction of sp³-hybridized carbons (Fsp3) is 0.290. The Morgan fingerprint density at radius 3 is 1.36 bits per heavy atom. The van der Waals surface area contributed by atoms with Crippen LogP contribution in [0.15, 0.2) is 103 Å². The van der Waals surface area contributed by atoms with Gasteiger partial charge in [0.2, 0.25) is 0 Å². The third-order valence-electron chi connectivity index (χ3n) is 5.58. The number of hydrogen-bond donors (Lipinski definition) is 0. The zero-order valence-corrected chi connectivity index (χ0v) is 25.4. The van der Waals surface area contributed by atoms with E-state index in [0.717, 1.165) is 11.6 Å². The second kappa shape index (κ2) is 14.8. The van der Waals surface area contributed by atoms with Crippen LogP contribution in [0.2, 0.25) is 11.6 Å². The molecule has 0 fully saturated rings. The van der Waals surface area contributed by atoms with Gasteiger partial charge in [-0.3, -0.25) is 0 Å². The van der Waals surface area contributed by atoms with Crippen LogP contribution in [0, 0.1) is 0 Å². The van der Waals surface area contributed by atoms with Crippen LogP contribution >= 0.6 is 0 Å². The molecule has 33 heavy (non-hydrogen) atoms. The minimum Gasteiger partial charge on any atom is -0.152 e. The first-order valence-corrected chi connectivity index (χ1v) is 17.7. The summed E-state index contributed by atoms with van der Waals surface area (Å²) in [5, 5.41) is 2.66. The molecule has 0 aliphatic carbocycles. The van der Waals surface area contributed by atoms with Crippen molar-refractivity contribution in [2.45, 2.75) is 53.1 Å². The average molecular weight is 636 g/mol. The van der Waals surface area contributed by atoms with Crippen LogP contribution in [0.5, 0.6) is 0 Å². The van der Waals surface area contributed by atoms with E-state index in [1.807, 2.05) is 12.1 Å². The van der Waals surface area contributed by atoms with Crippen LogP contribution in [-0.2, 0) is 17.9 Å². The van der Waals surface area contributed by atoms with Crippen LogP contribution in [0.25, 0.3) is 10.8 Å². The van der Waals surface area contributed by atoms with Crippen LogP contribution in [0.4, 0.5) is 0 Å². The van der Waals surface area contributed by atoms with Gasteiger partial charge in [-0.1, -0.05) is 5.39 Å². The molecule has 0 aliphatic rings. The van der Waals surface area contributed by atoms with Crippen molar-refractivity contribution in [1.82, 2.24) is 0 Å². The molecule has 0 unspecified atom stereocenters. The molecule has 0 aliphatic heterocycles. The summed E-state index contributed by atoms with van der Waals surface area (Å²) in [4.78, 5) is 0. The summed E-state index contributed by atoms with van der Waals surface area (Å²) in [5.74, 6) is 0. The third-order valence-corrected chi connectivity index (χ3v) is 17.9. The molecule has 0 aromatic heterocycles. The second-order valence-electron chi connectivity index (χ2n) is 9.14. The van der Waals surface area contributed by atoms with Crippen LogP contribution in [0.3, 0.4) is 0 Å². The maximum atomic E-state index is 3.01. The van der Waals surface area contributed by atoms with Gasteiger partial charge in [0.05, 0.1) is 0 Å². The van der Waals surface area contributed by atoms with Gasteiger partial charge in [0.15, 0.2) is 0 Å². The smallest absolute Gasteiger partial charge is 0.0988 e. The standard InChI is InChI=1S/C13H10.C9H7.3C3H7.Rh.Sb.H/c1-3-7-12(8-4-1)11-13-9-5-2-6-10-13;1-2-5-9-7-3-6-8(9)4-1;3*1-3-2;;;/h1-10H;1-7H;3*3H,1-2H3;;;/q;-1;;;;;;. The van der Waals surface area contributed by atoms with Crippen molar-refractivity contribution in [2.24, 2.45) is 0 Å². The molecule has 1 radical (unpaired) electrons. The molecule has 0 nitrogen and oxygen atoms in total. The molecule has 0 amide bonds. The van der Waals surface area contributed by atoms with Gasteiger partial charge in [-0.15, -0.1) is 35.7 Å². The molecule has 4 aromatic carbocycles. The Labute approximate surface area is 219 Å². The Morgan fingerprint density at radius 1 is 0.576 bits per heavy atom. The van der Waals surface area contributed by atoms with Gasteiger partial charge in [0, 0.05) is 0 Å². The Morgan fingerprint density at radius 2 is 0.970 bits per heavy atom. The molecule has 0 atom stereocenters. The number of rotatable bonds is 5. The fourth-order valence-corrected chi connectivity index (χ4v) is 16.4. The van der Waals surface area contributed by atoms with E-state index in [1.165, 1.54) is 26.0 Å². The minimum atomic E-state index is -1.01. The predicted molar refractivity (Wildman–Crippen MR) is 148 cm³/mol. The van der Waals surface area contributed by atoms with Crippen molar-refractivity contribution >= 4 is 35.1 Å². The number of hydrogen-bond acceptors (Lipinski definition) is 0. The van der Waals surface area contributed by atoms with E-state index in [-0.39, 0.29) is 0 Å². The maximum absolute atomic E-state index is 3.01. The van der Waals surface area contributed by atoms with E-state index >= 15 is 0 Å². The fourth-order valence-electron chi connectivity index (χ4n) is 4.39. The molecule has 0 heterocycles. The molecule has 0 spiro atoms. The van der Waals surface area contributed by atoms with Gasteiger partial charge < -0.3 is 0 Å². The minimum absolute atomic E-state index is 1.01. The Bertz CT molecular complexity index is 971. The van der Waals surface area contributed by atoms with Crippen molar-refractivity contribution in [3.05, 3.63) is 114 Å². The zero-order chi connectivity index (χ0) is 24.2. The van der Waals surface area contributed by atoms with E-state index < -0.39 is 20.2 Å². The van der Waals surface area contributed by atoms with Crippen LogP contribution in [-0.4, -0.2) is 24.3 Å². The summed E-state index contributed by atoms with van der Waals surface area (Å²) in [5.41, 5.74) is 2.48. The Kier molecular flexibility index (Phi) is 12.4. The Balaban J connectivity index is 0.000000181. The van der Waals surface area contributed by atoms with Crippen molar-refractivity contribution in [3.8, 4) is 0 Å². The predicted octanol–water partition coefficient (Wildman–Crippen LogP) is 8.80. The summed E-state index contributed by atoms with van der Waals surface area (Å²) < 4.78 is 4.31. The van der Waals surface area contributed by atoms with Crippen molar-refractivity contribution < 1.29 is 17.9 Å². The molecule has 0 saturated heterocycles. The van der Waals surface area contributed by atoms with E-state index in [0.29, 0.717) is 0 Å². The number of benzene rings is 3. The van der Waals surface area contributed by atoms with Gasteiger partial charge in [-0.2, -0.15) is 12.1 Å². The molecular formula is C31H39RhSb-. The first-order valence-electron chi connectivity index (χ1n) is 11.9. The van der Waals surface area contributed by atoms with Crippen molar-refractivity contribution in [2.75, 3.05) is 0 Å². The molecular weight excluding hydrogens is 597 g/mol. The molecule has 4 rings (SSSR count). The zero-order valence-electron chi connectivity index (χ0n) is 20.9. The molecule has 0 saturated carbocycles. The van der Waals surface area contributed by atoms with Crippen molar-refractivity contribution in [3.63, 3.8) is 0 Å². The summed E-state index contributed by atoms with van der Waals surface area (Å²) in [6.07, 6.45) is 0. The quantitative estimate of drug-likeness (QED) is 0.152. The van der Waals surface area contributed by atoms with Gasteiger partial charge in [-0.25, -0.2) is 0 Å². The van der Waals surface area contributed by atoms with E-state index in [2.05, 4.69) is 150 Å². The van der Waals surface area contributed by atoms with E-state index in [4.69, 9.17) is 0 Å². The van der Waals surface area contributed by atoms with Crippen molar-refractivity contribution in [1.29, 1.82) is 0 Å². The monoisotopic (exact) mass is 635 g/mol. The molecule has 178 valence electrons. The summed E-state index contributed by atoms with van der Waals surface area (Å²) in [7, 11) is 0. The second-order valence-corrected chi connectivity index (χ2v) is 22.7. The first-order chi connectivity index (χ1) is 15.8. The van der Waals surface area contributed by atoms with Crippen LogP contribution < -0.4 is 0 Å².